The molecule has 2 aromatic carbocycles. The van der Waals surface area contributed by atoms with Crippen LogP contribution >= 0.6 is 0 Å². The monoisotopic (exact) mass is 372 g/mol. The molecule has 6 heteroatoms. The van der Waals surface area contributed by atoms with Crippen LogP contribution < -0.4 is 9.21 Å². The van der Waals surface area contributed by atoms with E-state index < -0.39 is 10.0 Å². The lowest BCUT2D eigenvalue weighted by Crippen LogP contribution is -2.31. The van der Waals surface area contributed by atoms with Crippen molar-refractivity contribution in [3.05, 3.63) is 58.7 Å². The number of fused-ring (bicyclic) bond motifs is 1. The summed E-state index contributed by atoms with van der Waals surface area (Å²) in [7, 11) is -3.29. The molecule has 2 aromatic rings. The fourth-order valence-corrected chi connectivity index (χ4v) is 4.40. The molecule has 0 bridgehead atoms. The first-order valence-electron chi connectivity index (χ1n) is 8.72. The van der Waals surface area contributed by atoms with Gasteiger partial charge in [0.05, 0.1) is 11.9 Å². The number of hydrogen-bond donors (Lipinski definition) is 0. The van der Waals surface area contributed by atoms with E-state index in [9.17, 15) is 13.2 Å². The number of benzene rings is 2. The number of hydrogen-bond acceptors (Lipinski definition) is 3. The zero-order chi connectivity index (χ0) is 19.1. The lowest BCUT2D eigenvalue weighted by molar-refractivity contribution is 0.0988. The molecule has 0 saturated carbocycles. The van der Waals surface area contributed by atoms with Gasteiger partial charge < -0.3 is 4.90 Å². The van der Waals surface area contributed by atoms with Crippen molar-refractivity contribution in [2.24, 2.45) is 0 Å². The minimum atomic E-state index is -3.29. The first-order chi connectivity index (χ1) is 12.2. The fourth-order valence-electron chi connectivity index (χ4n) is 3.44. The summed E-state index contributed by atoms with van der Waals surface area (Å²) in [4.78, 5) is 14.9. The van der Waals surface area contributed by atoms with Gasteiger partial charge in [0.15, 0.2) is 0 Å². The van der Waals surface area contributed by atoms with E-state index in [2.05, 4.69) is 0 Å². The highest BCUT2D eigenvalue weighted by atomic mass is 32.2. The highest BCUT2D eigenvalue weighted by molar-refractivity contribution is 7.92. The van der Waals surface area contributed by atoms with Crippen molar-refractivity contribution in [3.63, 3.8) is 0 Å². The second kappa shape index (κ2) is 6.76. The second-order valence-electron chi connectivity index (χ2n) is 6.77. The predicted molar refractivity (Wildman–Crippen MR) is 106 cm³/mol. The van der Waals surface area contributed by atoms with E-state index in [1.807, 2.05) is 45.0 Å². The molecule has 1 aliphatic rings. The summed E-state index contributed by atoms with van der Waals surface area (Å²) in [6, 6.07) is 11.4. The topological polar surface area (TPSA) is 57.7 Å². The van der Waals surface area contributed by atoms with Crippen LogP contribution in [-0.4, -0.2) is 33.7 Å². The number of nitrogens with zero attached hydrogens (tertiary/aromatic N) is 2. The number of sulfonamides is 1. The fraction of sp³-hybridized carbons (Fsp3) is 0.350. The molecule has 0 atom stereocenters. The third-order valence-electron chi connectivity index (χ3n) is 4.80. The number of anilines is 2. The van der Waals surface area contributed by atoms with Crippen LogP contribution in [0.1, 0.15) is 34.0 Å². The average molecular weight is 372 g/mol. The van der Waals surface area contributed by atoms with Gasteiger partial charge >= 0.3 is 0 Å². The highest BCUT2D eigenvalue weighted by Crippen LogP contribution is 2.32. The standard InChI is InChI=1S/C20H24N2O3S/c1-5-21(19-12-14(2)6-7-15(19)3)20(23)17-8-9-18-16(13-17)10-11-22(18)26(4,24)25/h6-9,12-13H,5,10-11H2,1-4H3. The molecule has 0 fully saturated rings. The van der Waals surface area contributed by atoms with Gasteiger partial charge in [-0.3, -0.25) is 9.10 Å². The maximum atomic E-state index is 13.1. The van der Waals surface area contributed by atoms with Gasteiger partial charge in [0.25, 0.3) is 5.91 Å². The van der Waals surface area contributed by atoms with Crippen LogP contribution in [-0.2, 0) is 16.4 Å². The van der Waals surface area contributed by atoms with Crippen molar-refractivity contribution in [2.75, 3.05) is 28.6 Å². The number of carbonyl (C=O) groups is 1. The molecule has 138 valence electrons. The molecule has 3 rings (SSSR count). The highest BCUT2D eigenvalue weighted by Gasteiger charge is 2.27. The summed E-state index contributed by atoms with van der Waals surface area (Å²) in [5, 5.41) is 0. The van der Waals surface area contributed by atoms with Crippen molar-refractivity contribution in [2.45, 2.75) is 27.2 Å². The lowest BCUT2D eigenvalue weighted by atomic mass is 10.1. The molecular formula is C20H24N2O3S. The van der Waals surface area contributed by atoms with E-state index in [4.69, 9.17) is 0 Å². The predicted octanol–water partition coefficient (Wildman–Crippen LogP) is 3.29. The average Bonchev–Trinajstić information content (AvgIpc) is 3.01. The smallest absolute Gasteiger partial charge is 0.258 e. The summed E-state index contributed by atoms with van der Waals surface area (Å²) in [6.07, 6.45) is 1.83. The molecule has 0 N–H and O–H groups in total. The first-order valence-corrected chi connectivity index (χ1v) is 10.6. The Morgan fingerprint density at radius 1 is 1.15 bits per heavy atom. The Labute approximate surface area is 155 Å². The summed E-state index contributed by atoms with van der Waals surface area (Å²) < 4.78 is 25.2. The van der Waals surface area contributed by atoms with Crippen LogP contribution in [0.25, 0.3) is 0 Å². The van der Waals surface area contributed by atoms with Crippen LogP contribution in [0.3, 0.4) is 0 Å². The second-order valence-corrected chi connectivity index (χ2v) is 8.67. The van der Waals surface area contributed by atoms with Crippen LogP contribution in [0.2, 0.25) is 0 Å². The van der Waals surface area contributed by atoms with Gasteiger partial charge in [0.2, 0.25) is 10.0 Å². The number of aryl methyl sites for hydroxylation is 2. The third kappa shape index (κ3) is 3.33. The van der Waals surface area contributed by atoms with E-state index in [-0.39, 0.29) is 5.91 Å². The van der Waals surface area contributed by atoms with Crippen LogP contribution in [0.15, 0.2) is 36.4 Å². The zero-order valence-electron chi connectivity index (χ0n) is 15.6. The van der Waals surface area contributed by atoms with Gasteiger partial charge in [0, 0.05) is 24.3 Å². The first kappa shape index (κ1) is 18.5. The number of carbonyl (C=O) groups excluding carboxylic acids is 1. The van der Waals surface area contributed by atoms with Gasteiger partial charge in [-0.05, 0) is 68.1 Å². The summed E-state index contributed by atoms with van der Waals surface area (Å²) in [5.41, 5.74) is 5.24. The molecule has 0 spiro atoms. The van der Waals surface area contributed by atoms with Crippen molar-refractivity contribution < 1.29 is 13.2 Å². The summed E-state index contributed by atoms with van der Waals surface area (Å²) in [5.74, 6) is -0.0678. The Hall–Kier alpha value is -2.34. The van der Waals surface area contributed by atoms with Crippen molar-refractivity contribution in [1.82, 2.24) is 0 Å². The van der Waals surface area contributed by atoms with Gasteiger partial charge in [-0.15, -0.1) is 0 Å². The van der Waals surface area contributed by atoms with Crippen molar-refractivity contribution in [3.8, 4) is 0 Å². The van der Waals surface area contributed by atoms with E-state index in [1.165, 1.54) is 10.6 Å². The Kier molecular flexibility index (Phi) is 4.80. The molecule has 26 heavy (non-hydrogen) atoms. The molecule has 0 unspecified atom stereocenters. The molecule has 0 aliphatic carbocycles. The van der Waals surface area contributed by atoms with E-state index >= 15 is 0 Å². The lowest BCUT2D eigenvalue weighted by Gasteiger charge is -2.24. The molecule has 0 saturated heterocycles. The molecule has 1 heterocycles. The van der Waals surface area contributed by atoms with E-state index in [1.54, 1.807) is 17.0 Å². The zero-order valence-corrected chi connectivity index (χ0v) is 16.4. The summed E-state index contributed by atoms with van der Waals surface area (Å²) >= 11 is 0. The Balaban J connectivity index is 1.96. The van der Waals surface area contributed by atoms with Gasteiger partial charge in [-0.25, -0.2) is 8.42 Å². The Morgan fingerprint density at radius 2 is 1.88 bits per heavy atom. The van der Waals surface area contributed by atoms with Crippen molar-refractivity contribution in [1.29, 1.82) is 0 Å². The van der Waals surface area contributed by atoms with Gasteiger partial charge in [-0.1, -0.05) is 12.1 Å². The SMILES string of the molecule is CCN(C(=O)c1ccc2c(c1)CCN2S(C)(=O)=O)c1cc(C)ccc1C. The molecule has 1 aliphatic heterocycles. The minimum Gasteiger partial charge on any atom is -0.308 e. The summed E-state index contributed by atoms with van der Waals surface area (Å²) in [6.45, 7) is 6.96. The van der Waals surface area contributed by atoms with Gasteiger partial charge in [-0.2, -0.15) is 0 Å². The number of rotatable bonds is 4. The largest absolute Gasteiger partial charge is 0.308 e. The third-order valence-corrected chi connectivity index (χ3v) is 5.98. The maximum Gasteiger partial charge on any atom is 0.258 e. The van der Waals surface area contributed by atoms with Crippen LogP contribution in [0, 0.1) is 13.8 Å². The van der Waals surface area contributed by atoms with Crippen LogP contribution in [0.4, 0.5) is 11.4 Å². The van der Waals surface area contributed by atoms with Crippen LogP contribution in [0.5, 0.6) is 0 Å². The Bertz CT molecular complexity index is 967. The quantitative estimate of drug-likeness (QED) is 0.827. The molecule has 1 amide bonds. The van der Waals surface area contributed by atoms with Crippen molar-refractivity contribution >= 4 is 27.3 Å². The minimum absolute atomic E-state index is 0.0678. The van der Waals surface area contributed by atoms with E-state index in [0.29, 0.717) is 30.8 Å². The maximum absolute atomic E-state index is 13.1. The normalized spacial score (nSPS) is 13.6. The molecule has 0 radical (unpaired) electrons. The Morgan fingerprint density at radius 3 is 2.54 bits per heavy atom. The van der Waals surface area contributed by atoms with E-state index in [0.717, 1.165) is 22.4 Å². The number of amides is 1. The molecule has 0 aromatic heterocycles. The van der Waals surface area contributed by atoms with Gasteiger partial charge in [0.1, 0.15) is 0 Å². The molecular weight excluding hydrogens is 348 g/mol. The molecule has 5 nitrogen and oxygen atoms in total.